The van der Waals surface area contributed by atoms with Crippen LogP contribution in [0.1, 0.15) is 13.8 Å². The number of carboxylic acid groups (broad SMARTS) is 1. The minimum atomic E-state index is -2.34. The van der Waals surface area contributed by atoms with E-state index < -0.39 is 34.1 Å². The molecule has 0 amide bonds. The molecule has 1 unspecified atom stereocenters. The molecule has 8 heteroatoms. The van der Waals surface area contributed by atoms with E-state index in [1.807, 2.05) is 0 Å². The largest absolute Gasteiger partial charge is 0.480 e. The van der Waals surface area contributed by atoms with Gasteiger partial charge < -0.3 is 25.2 Å². The van der Waals surface area contributed by atoms with Crippen LogP contribution in [0.25, 0.3) is 0 Å². The van der Waals surface area contributed by atoms with Crippen LogP contribution in [0.5, 0.6) is 0 Å². The maximum absolute atomic E-state index is 10.9. The van der Waals surface area contributed by atoms with Gasteiger partial charge in [-0.2, -0.15) is 0 Å². The highest BCUT2D eigenvalue weighted by atomic mass is 32.2. The van der Waals surface area contributed by atoms with E-state index in [-0.39, 0.29) is 0 Å². The Hall–Kier alpha value is -0.960. The molecule has 0 aliphatic carbocycles. The van der Waals surface area contributed by atoms with Crippen molar-refractivity contribution in [3.8, 4) is 0 Å². The Bertz CT molecular complexity index is 301. The molecule has 0 aromatic carbocycles. The van der Waals surface area contributed by atoms with E-state index in [9.17, 15) is 9.00 Å². The topological polar surface area (TPSA) is 127 Å². The molecule has 7 nitrogen and oxygen atoms in total. The summed E-state index contributed by atoms with van der Waals surface area (Å²) in [6, 6.07) is -1.33. The van der Waals surface area contributed by atoms with Gasteiger partial charge >= 0.3 is 5.97 Å². The Kier molecular flexibility index (Phi) is 5.59. The van der Waals surface area contributed by atoms with Crippen LogP contribution in [0.2, 0.25) is 0 Å². The van der Waals surface area contributed by atoms with Gasteiger partial charge in [0.05, 0.1) is 4.75 Å². The molecule has 2 atom stereocenters. The minimum Gasteiger partial charge on any atom is -0.480 e. The van der Waals surface area contributed by atoms with Crippen LogP contribution in [0.3, 0.4) is 0 Å². The first-order valence-corrected chi connectivity index (χ1v) is 5.43. The lowest BCUT2D eigenvalue weighted by atomic mass is 10.0. The first-order valence-electron chi connectivity index (χ1n) is 4.32. The predicted molar refractivity (Wildman–Crippen MR) is 56.8 cm³/mol. The molecular weight excluding hydrogens is 238 g/mol. The van der Waals surface area contributed by atoms with Gasteiger partial charge in [0.2, 0.25) is 0 Å². The molecule has 0 rings (SSSR count). The highest BCUT2D eigenvalue weighted by Crippen LogP contribution is 2.17. The maximum Gasteiger partial charge on any atom is 0.327 e. The van der Waals surface area contributed by atoms with Crippen molar-refractivity contribution in [2.24, 2.45) is 0 Å². The van der Waals surface area contributed by atoms with Crippen molar-refractivity contribution in [3.63, 3.8) is 0 Å². The van der Waals surface area contributed by atoms with Gasteiger partial charge in [-0.1, -0.05) is 0 Å². The van der Waals surface area contributed by atoms with Crippen molar-refractivity contribution in [2.45, 2.75) is 30.9 Å². The van der Waals surface area contributed by atoms with Crippen molar-refractivity contribution in [3.05, 3.63) is 12.3 Å². The number of aliphatic hydroxyl groups is 2. The molecule has 0 aromatic rings. The SMILES string of the molecule is CC(C)([C@@H](N/C=C/C(O)O)C(=O)O)S(=O)O. The second-order valence-electron chi connectivity index (χ2n) is 3.56. The molecular formula is C8H15NO6S. The molecule has 0 radical (unpaired) electrons. The monoisotopic (exact) mass is 253 g/mol. The number of hydrogen-bond donors (Lipinski definition) is 5. The first-order chi connectivity index (χ1) is 7.19. The summed E-state index contributed by atoms with van der Waals surface area (Å²) in [7, 11) is 0. The van der Waals surface area contributed by atoms with Gasteiger partial charge in [-0.15, -0.1) is 0 Å². The van der Waals surface area contributed by atoms with E-state index in [4.69, 9.17) is 19.9 Å². The summed E-state index contributed by atoms with van der Waals surface area (Å²) in [5.74, 6) is -1.32. The fourth-order valence-corrected chi connectivity index (χ4v) is 1.28. The third-order valence-corrected chi connectivity index (χ3v) is 3.06. The Morgan fingerprint density at radius 3 is 2.25 bits per heavy atom. The van der Waals surface area contributed by atoms with Crippen LogP contribution in [0.15, 0.2) is 12.3 Å². The maximum atomic E-state index is 10.9. The highest BCUT2D eigenvalue weighted by Gasteiger charge is 2.39. The number of carboxylic acids is 1. The third-order valence-electron chi connectivity index (χ3n) is 1.92. The number of aliphatic hydroxyl groups excluding tert-OH is 1. The molecule has 0 heterocycles. The number of rotatable bonds is 6. The molecule has 0 fully saturated rings. The standard InChI is InChI=1S/C8H15NO6S/c1-8(2,16(14)15)6(7(12)13)9-4-3-5(10)11/h3-6,9-11H,1-2H3,(H,12,13)(H,14,15)/b4-3+/t6-/m0/s1. The highest BCUT2D eigenvalue weighted by molar-refractivity contribution is 7.80. The summed E-state index contributed by atoms with van der Waals surface area (Å²) in [6.07, 6.45) is 0.189. The van der Waals surface area contributed by atoms with Crippen molar-refractivity contribution >= 4 is 17.0 Å². The van der Waals surface area contributed by atoms with E-state index in [1.165, 1.54) is 13.8 Å². The number of hydrogen-bond acceptors (Lipinski definition) is 5. The van der Waals surface area contributed by atoms with E-state index in [0.717, 1.165) is 12.3 Å². The molecule has 16 heavy (non-hydrogen) atoms. The smallest absolute Gasteiger partial charge is 0.327 e. The van der Waals surface area contributed by atoms with Crippen molar-refractivity contribution in [1.82, 2.24) is 5.32 Å². The molecule has 0 aliphatic rings. The first kappa shape index (κ1) is 15.0. The fraction of sp³-hybridized carbons (Fsp3) is 0.625. The lowest BCUT2D eigenvalue weighted by Gasteiger charge is -2.27. The summed E-state index contributed by atoms with van der Waals surface area (Å²) >= 11 is -2.34. The average molecular weight is 253 g/mol. The average Bonchev–Trinajstić information content (AvgIpc) is 2.10. The van der Waals surface area contributed by atoms with Gasteiger partial charge in [-0.3, -0.25) is 0 Å². The zero-order chi connectivity index (χ0) is 12.9. The zero-order valence-corrected chi connectivity index (χ0v) is 9.64. The Morgan fingerprint density at radius 2 is 1.94 bits per heavy atom. The van der Waals surface area contributed by atoms with Gasteiger partial charge in [0.15, 0.2) is 17.4 Å². The van der Waals surface area contributed by atoms with Gasteiger partial charge in [0.1, 0.15) is 6.04 Å². The van der Waals surface area contributed by atoms with E-state index in [2.05, 4.69) is 5.32 Å². The molecule has 0 bridgehead atoms. The summed E-state index contributed by atoms with van der Waals surface area (Å²) in [6.45, 7) is 2.61. The molecule has 0 saturated heterocycles. The predicted octanol–water partition coefficient (Wildman–Crippen LogP) is -1.15. The minimum absolute atomic E-state index is 0.895. The number of carbonyl (C=O) groups is 1. The molecule has 0 aliphatic heterocycles. The van der Waals surface area contributed by atoms with Gasteiger partial charge in [0, 0.05) is 0 Å². The lowest BCUT2D eigenvalue weighted by Crippen LogP contribution is -2.52. The van der Waals surface area contributed by atoms with Gasteiger partial charge in [-0.25, -0.2) is 9.00 Å². The van der Waals surface area contributed by atoms with Crippen LogP contribution < -0.4 is 5.32 Å². The second-order valence-corrected chi connectivity index (χ2v) is 5.11. The molecule has 5 N–H and O–H groups in total. The normalized spacial score (nSPS) is 16.4. The Morgan fingerprint density at radius 1 is 1.44 bits per heavy atom. The molecule has 0 saturated carbocycles. The summed E-state index contributed by atoms with van der Waals surface area (Å²) in [5.41, 5.74) is 0. The lowest BCUT2D eigenvalue weighted by molar-refractivity contribution is -0.139. The van der Waals surface area contributed by atoms with Gasteiger partial charge in [-0.05, 0) is 26.1 Å². The number of aliphatic carboxylic acids is 1. The van der Waals surface area contributed by atoms with E-state index in [1.54, 1.807) is 0 Å². The van der Waals surface area contributed by atoms with Crippen LogP contribution in [-0.2, 0) is 15.9 Å². The Labute approximate surface area is 95.1 Å². The van der Waals surface area contributed by atoms with Crippen molar-refractivity contribution < 1.29 is 28.9 Å². The molecule has 0 aromatic heterocycles. The number of nitrogens with one attached hydrogen (secondary N) is 1. The van der Waals surface area contributed by atoms with Crippen molar-refractivity contribution in [2.75, 3.05) is 0 Å². The summed E-state index contributed by atoms with van der Waals surface area (Å²) < 4.78 is 18.5. The summed E-state index contributed by atoms with van der Waals surface area (Å²) in [5, 5.41) is 28.2. The van der Waals surface area contributed by atoms with E-state index in [0.29, 0.717) is 0 Å². The molecule has 0 spiro atoms. The van der Waals surface area contributed by atoms with Crippen LogP contribution in [-0.4, -0.2) is 47.1 Å². The van der Waals surface area contributed by atoms with E-state index >= 15 is 0 Å². The fourth-order valence-electron chi connectivity index (χ4n) is 0.908. The quantitative estimate of drug-likeness (QED) is 0.299. The van der Waals surface area contributed by atoms with Crippen molar-refractivity contribution in [1.29, 1.82) is 0 Å². The van der Waals surface area contributed by atoms with Gasteiger partial charge in [0.25, 0.3) is 0 Å². The molecule has 94 valence electrons. The van der Waals surface area contributed by atoms with Crippen LogP contribution >= 0.6 is 0 Å². The van der Waals surface area contributed by atoms with Crippen LogP contribution in [0, 0.1) is 0 Å². The zero-order valence-electron chi connectivity index (χ0n) is 8.82. The Balaban J connectivity index is 4.76. The third kappa shape index (κ3) is 4.27. The summed E-state index contributed by atoms with van der Waals surface area (Å²) in [4.78, 5) is 10.9. The van der Waals surface area contributed by atoms with Crippen LogP contribution in [0.4, 0.5) is 0 Å². The second kappa shape index (κ2) is 5.94.